The molecule has 1 saturated heterocycles. The number of hydrogen-bond donors (Lipinski definition) is 2. The molecule has 4 rings (SSSR count). The molecule has 0 bridgehead atoms. The largest absolute Gasteiger partial charge is 0.379 e. The number of amides is 2. The first-order valence-electron chi connectivity index (χ1n) is 10.3. The van der Waals surface area contributed by atoms with Gasteiger partial charge in [-0.1, -0.05) is 18.2 Å². The van der Waals surface area contributed by atoms with Crippen molar-refractivity contribution < 1.29 is 14.3 Å². The van der Waals surface area contributed by atoms with E-state index in [9.17, 15) is 14.4 Å². The van der Waals surface area contributed by atoms with Gasteiger partial charge in [0, 0.05) is 43.1 Å². The van der Waals surface area contributed by atoms with Gasteiger partial charge in [-0.15, -0.1) is 0 Å². The summed E-state index contributed by atoms with van der Waals surface area (Å²) in [6.07, 6.45) is 5.46. The number of hydrogen-bond acceptors (Lipinski definition) is 4. The Morgan fingerprint density at radius 3 is 2.59 bits per heavy atom. The minimum Gasteiger partial charge on any atom is -0.379 e. The Bertz CT molecular complexity index is 964. The zero-order chi connectivity index (χ0) is 20.4. The fourth-order valence-corrected chi connectivity index (χ4v) is 4.62. The van der Waals surface area contributed by atoms with Crippen molar-refractivity contribution in [3.05, 3.63) is 46.4 Å². The quantitative estimate of drug-likeness (QED) is 0.826. The van der Waals surface area contributed by atoms with E-state index in [4.69, 9.17) is 4.74 Å². The van der Waals surface area contributed by atoms with E-state index >= 15 is 0 Å². The number of aromatic amines is 1. The van der Waals surface area contributed by atoms with Gasteiger partial charge in [-0.05, 0) is 38.2 Å². The number of nitrogens with one attached hydrogen (secondary N) is 2. The molecule has 2 amide bonds. The van der Waals surface area contributed by atoms with E-state index in [-0.39, 0.29) is 35.4 Å². The molecule has 7 heteroatoms. The topological polar surface area (TPSA) is 91.5 Å². The summed E-state index contributed by atoms with van der Waals surface area (Å²) >= 11 is 0. The van der Waals surface area contributed by atoms with Gasteiger partial charge in [0.15, 0.2) is 0 Å². The Kier molecular flexibility index (Phi) is 5.67. The van der Waals surface area contributed by atoms with E-state index in [1.54, 1.807) is 25.3 Å². The van der Waals surface area contributed by atoms with Gasteiger partial charge in [-0.2, -0.15) is 0 Å². The maximum atomic E-state index is 13.0. The molecule has 3 unspecified atom stereocenters. The highest BCUT2D eigenvalue weighted by Gasteiger charge is 2.37. The van der Waals surface area contributed by atoms with E-state index in [0.29, 0.717) is 29.2 Å². The lowest BCUT2D eigenvalue weighted by atomic mass is 9.82. The Balaban J connectivity index is 1.47. The standard InChI is InChI=1S/C22H27N3O4/c1-29-19-12-14(22(28)25-10-4-5-11-25)8-9-18(19)24-21(27)17-13-23-20(26)16-7-3-2-6-15(16)17/h2-3,6-7,13-14,18-19H,4-5,8-12H2,1H3,(H,23,26)(H,24,27). The molecule has 2 aliphatic rings. The minimum atomic E-state index is -0.242. The van der Waals surface area contributed by atoms with E-state index in [2.05, 4.69) is 10.3 Å². The molecular weight excluding hydrogens is 370 g/mol. The van der Waals surface area contributed by atoms with Crippen LogP contribution < -0.4 is 10.9 Å². The van der Waals surface area contributed by atoms with Crippen LogP contribution in [0.3, 0.4) is 0 Å². The number of carbonyl (C=O) groups excluding carboxylic acids is 2. The van der Waals surface area contributed by atoms with Crippen molar-refractivity contribution in [3.63, 3.8) is 0 Å². The van der Waals surface area contributed by atoms with Gasteiger partial charge in [0.05, 0.1) is 17.7 Å². The molecule has 1 saturated carbocycles. The molecule has 3 atom stereocenters. The van der Waals surface area contributed by atoms with Crippen LogP contribution in [0.25, 0.3) is 10.8 Å². The third kappa shape index (κ3) is 3.92. The van der Waals surface area contributed by atoms with Crippen molar-refractivity contribution in [1.82, 2.24) is 15.2 Å². The fourth-order valence-electron chi connectivity index (χ4n) is 4.62. The number of ether oxygens (including phenoxy) is 1. The van der Waals surface area contributed by atoms with E-state index < -0.39 is 0 Å². The number of rotatable bonds is 4. The number of carbonyl (C=O) groups is 2. The van der Waals surface area contributed by atoms with Crippen molar-refractivity contribution in [2.45, 2.75) is 44.2 Å². The Hall–Kier alpha value is -2.67. The monoisotopic (exact) mass is 397 g/mol. The summed E-state index contributed by atoms with van der Waals surface area (Å²) in [4.78, 5) is 42.3. The maximum absolute atomic E-state index is 13.0. The van der Waals surface area contributed by atoms with Crippen LogP contribution >= 0.6 is 0 Å². The molecule has 154 valence electrons. The molecule has 2 N–H and O–H groups in total. The number of pyridine rings is 1. The van der Waals surface area contributed by atoms with Gasteiger partial charge in [0.2, 0.25) is 5.91 Å². The van der Waals surface area contributed by atoms with Crippen LogP contribution in [0.15, 0.2) is 35.3 Å². The normalized spacial score (nSPS) is 24.6. The summed E-state index contributed by atoms with van der Waals surface area (Å²) in [5.74, 6) is -0.0603. The van der Waals surface area contributed by atoms with Gasteiger partial charge < -0.3 is 19.9 Å². The van der Waals surface area contributed by atoms with E-state index in [0.717, 1.165) is 32.4 Å². The average Bonchev–Trinajstić information content (AvgIpc) is 3.29. The molecule has 0 radical (unpaired) electrons. The maximum Gasteiger partial charge on any atom is 0.255 e. The number of H-pyrrole nitrogens is 1. The first-order valence-corrected chi connectivity index (χ1v) is 10.3. The predicted molar refractivity (Wildman–Crippen MR) is 110 cm³/mol. The molecule has 0 spiro atoms. The first kappa shape index (κ1) is 19.6. The van der Waals surface area contributed by atoms with E-state index in [1.807, 2.05) is 11.0 Å². The van der Waals surface area contributed by atoms with Crippen LogP contribution in [-0.4, -0.2) is 54.0 Å². The van der Waals surface area contributed by atoms with Gasteiger partial charge in [-0.3, -0.25) is 14.4 Å². The third-order valence-electron chi connectivity index (χ3n) is 6.23. The lowest BCUT2D eigenvalue weighted by molar-refractivity contribution is -0.137. The number of methoxy groups -OCH3 is 1. The predicted octanol–water partition coefficient (Wildman–Crippen LogP) is 2.06. The summed E-state index contributed by atoms with van der Waals surface area (Å²) < 4.78 is 5.65. The second-order valence-electron chi connectivity index (χ2n) is 7.97. The van der Waals surface area contributed by atoms with Crippen LogP contribution in [0.4, 0.5) is 0 Å². The van der Waals surface area contributed by atoms with Crippen molar-refractivity contribution in [3.8, 4) is 0 Å². The highest BCUT2D eigenvalue weighted by atomic mass is 16.5. The van der Waals surface area contributed by atoms with Crippen LogP contribution in [0.5, 0.6) is 0 Å². The van der Waals surface area contributed by atoms with E-state index in [1.165, 1.54) is 6.20 Å². The SMILES string of the molecule is COC1CC(C(=O)N2CCCC2)CCC1NC(=O)c1c[nH]c(=O)c2ccccc12. The van der Waals surface area contributed by atoms with Gasteiger partial charge in [-0.25, -0.2) is 0 Å². The van der Waals surface area contributed by atoms with Gasteiger partial charge in [0.1, 0.15) is 0 Å². The molecule has 2 aromatic rings. The Morgan fingerprint density at radius 2 is 1.86 bits per heavy atom. The number of fused-ring (bicyclic) bond motifs is 1. The lowest BCUT2D eigenvalue weighted by Gasteiger charge is -2.36. The highest BCUT2D eigenvalue weighted by molar-refractivity contribution is 6.06. The second-order valence-corrected chi connectivity index (χ2v) is 7.97. The molecule has 2 fully saturated rings. The molecule has 1 aromatic heterocycles. The van der Waals surface area contributed by atoms with Crippen molar-refractivity contribution in [2.24, 2.45) is 5.92 Å². The average molecular weight is 397 g/mol. The molecule has 2 heterocycles. The van der Waals surface area contributed by atoms with Crippen molar-refractivity contribution >= 4 is 22.6 Å². The molecule has 1 aliphatic carbocycles. The van der Waals surface area contributed by atoms with Crippen molar-refractivity contribution in [1.29, 1.82) is 0 Å². The molecule has 29 heavy (non-hydrogen) atoms. The smallest absolute Gasteiger partial charge is 0.255 e. The first-order chi connectivity index (χ1) is 14.1. The zero-order valence-electron chi connectivity index (χ0n) is 16.6. The number of benzene rings is 1. The van der Waals surface area contributed by atoms with Crippen LogP contribution in [-0.2, 0) is 9.53 Å². The van der Waals surface area contributed by atoms with Gasteiger partial charge in [0.25, 0.3) is 11.5 Å². The minimum absolute atomic E-state index is 0.0416. The lowest BCUT2D eigenvalue weighted by Crippen LogP contribution is -2.50. The number of likely N-dealkylation sites (tertiary alicyclic amines) is 1. The van der Waals surface area contributed by atoms with Crippen LogP contribution in [0.2, 0.25) is 0 Å². The van der Waals surface area contributed by atoms with Crippen molar-refractivity contribution in [2.75, 3.05) is 20.2 Å². The van der Waals surface area contributed by atoms with Gasteiger partial charge >= 0.3 is 0 Å². The Labute approximate surface area is 169 Å². The Morgan fingerprint density at radius 1 is 1.14 bits per heavy atom. The molecular formula is C22H27N3O4. The summed E-state index contributed by atoms with van der Waals surface area (Å²) in [5.41, 5.74) is 0.221. The number of nitrogens with zero attached hydrogens (tertiary/aromatic N) is 1. The highest BCUT2D eigenvalue weighted by Crippen LogP contribution is 2.29. The molecule has 1 aromatic carbocycles. The summed E-state index contributed by atoms with van der Waals surface area (Å²) in [6, 6.07) is 6.91. The third-order valence-corrected chi connectivity index (χ3v) is 6.23. The second kappa shape index (κ2) is 8.37. The summed E-state index contributed by atoms with van der Waals surface area (Å²) in [5, 5.41) is 4.18. The fraction of sp³-hybridized carbons (Fsp3) is 0.500. The summed E-state index contributed by atoms with van der Waals surface area (Å²) in [6.45, 7) is 1.71. The summed E-state index contributed by atoms with van der Waals surface area (Å²) in [7, 11) is 1.63. The number of aromatic nitrogens is 1. The van der Waals surface area contributed by atoms with Crippen LogP contribution in [0, 0.1) is 5.92 Å². The molecule has 7 nitrogen and oxygen atoms in total. The zero-order valence-corrected chi connectivity index (χ0v) is 16.6. The molecule has 1 aliphatic heterocycles. The van der Waals surface area contributed by atoms with Crippen LogP contribution in [0.1, 0.15) is 42.5 Å².